The van der Waals surface area contributed by atoms with Crippen LogP contribution < -0.4 is 0 Å². The highest BCUT2D eigenvalue weighted by molar-refractivity contribution is 7.99. The van der Waals surface area contributed by atoms with Crippen molar-refractivity contribution in [2.24, 2.45) is 0 Å². The average molecular weight is 276 g/mol. The fraction of sp³-hybridized carbons (Fsp3) is 0.167. The molecule has 0 amide bonds. The van der Waals surface area contributed by atoms with Crippen LogP contribution in [0, 0.1) is 0 Å². The SMILES string of the molecule is C/C(=C\C(=O)O)CSc1nnnn1-c1ccccc1. The third-order valence-corrected chi connectivity index (χ3v) is 3.35. The molecule has 1 aromatic carbocycles. The van der Waals surface area contributed by atoms with Gasteiger partial charge in [-0.25, -0.2) is 4.79 Å². The molecule has 7 heteroatoms. The van der Waals surface area contributed by atoms with Crippen molar-refractivity contribution in [2.75, 3.05) is 5.75 Å². The van der Waals surface area contributed by atoms with E-state index in [1.54, 1.807) is 11.6 Å². The summed E-state index contributed by atoms with van der Waals surface area (Å²) in [6.45, 7) is 1.76. The van der Waals surface area contributed by atoms with Crippen molar-refractivity contribution in [1.82, 2.24) is 20.2 Å². The van der Waals surface area contributed by atoms with Crippen LogP contribution in [0.25, 0.3) is 5.69 Å². The zero-order valence-electron chi connectivity index (χ0n) is 10.2. The van der Waals surface area contributed by atoms with Gasteiger partial charge < -0.3 is 5.11 Å². The van der Waals surface area contributed by atoms with E-state index in [4.69, 9.17) is 5.11 Å². The number of hydrogen-bond acceptors (Lipinski definition) is 5. The molecule has 0 atom stereocenters. The van der Waals surface area contributed by atoms with Crippen LogP contribution in [0.4, 0.5) is 0 Å². The summed E-state index contributed by atoms with van der Waals surface area (Å²) in [5.74, 6) is -0.416. The van der Waals surface area contributed by atoms with Crippen LogP contribution in [0.5, 0.6) is 0 Å². The Morgan fingerprint density at radius 3 is 2.84 bits per heavy atom. The Morgan fingerprint density at radius 1 is 1.42 bits per heavy atom. The molecule has 0 unspecified atom stereocenters. The van der Waals surface area contributed by atoms with Gasteiger partial charge in [0.25, 0.3) is 0 Å². The summed E-state index contributed by atoms with van der Waals surface area (Å²) >= 11 is 1.39. The van der Waals surface area contributed by atoms with Gasteiger partial charge in [0.05, 0.1) is 5.69 Å². The molecule has 2 aromatic rings. The van der Waals surface area contributed by atoms with Crippen LogP contribution >= 0.6 is 11.8 Å². The second-order valence-corrected chi connectivity index (χ2v) is 4.77. The lowest BCUT2D eigenvalue weighted by molar-refractivity contribution is -0.131. The number of aromatic nitrogens is 4. The third kappa shape index (κ3) is 3.65. The molecule has 1 heterocycles. The van der Waals surface area contributed by atoms with Crippen molar-refractivity contribution in [3.63, 3.8) is 0 Å². The van der Waals surface area contributed by atoms with E-state index in [2.05, 4.69) is 15.5 Å². The van der Waals surface area contributed by atoms with Gasteiger partial charge in [-0.2, -0.15) is 4.68 Å². The van der Waals surface area contributed by atoms with E-state index in [1.165, 1.54) is 17.8 Å². The lowest BCUT2D eigenvalue weighted by Crippen LogP contribution is -1.99. The number of carboxylic acid groups (broad SMARTS) is 1. The predicted molar refractivity (Wildman–Crippen MR) is 71.3 cm³/mol. The van der Waals surface area contributed by atoms with E-state index >= 15 is 0 Å². The van der Waals surface area contributed by atoms with Crippen molar-refractivity contribution >= 4 is 17.7 Å². The number of benzene rings is 1. The minimum Gasteiger partial charge on any atom is -0.478 e. The molecule has 0 aliphatic rings. The van der Waals surface area contributed by atoms with Crippen molar-refractivity contribution in [3.05, 3.63) is 42.0 Å². The first kappa shape index (κ1) is 13.3. The van der Waals surface area contributed by atoms with Crippen molar-refractivity contribution in [1.29, 1.82) is 0 Å². The minimum atomic E-state index is -0.944. The molecule has 98 valence electrons. The van der Waals surface area contributed by atoms with Gasteiger partial charge in [0.2, 0.25) is 5.16 Å². The predicted octanol–water partition coefficient (Wildman–Crippen LogP) is 1.79. The molecule has 19 heavy (non-hydrogen) atoms. The number of rotatable bonds is 5. The summed E-state index contributed by atoms with van der Waals surface area (Å²) in [7, 11) is 0. The number of thioether (sulfide) groups is 1. The van der Waals surface area contributed by atoms with Gasteiger partial charge in [0.15, 0.2) is 0 Å². The van der Waals surface area contributed by atoms with Crippen LogP contribution in [0.2, 0.25) is 0 Å². The van der Waals surface area contributed by atoms with Crippen LogP contribution in [-0.4, -0.2) is 37.0 Å². The molecule has 0 fully saturated rings. The van der Waals surface area contributed by atoms with Crippen molar-refractivity contribution in [3.8, 4) is 5.69 Å². The summed E-state index contributed by atoms with van der Waals surface area (Å²) in [6, 6.07) is 9.53. The molecule has 0 bridgehead atoms. The number of para-hydroxylation sites is 1. The summed E-state index contributed by atoms with van der Waals surface area (Å²) in [6.07, 6.45) is 1.18. The largest absolute Gasteiger partial charge is 0.478 e. The second kappa shape index (κ2) is 6.14. The van der Waals surface area contributed by atoms with E-state index in [0.29, 0.717) is 10.9 Å². The van der Waals surface area contributed by atoms with Crippen molar-refractivity contribution in [2.45, 2.75) is 12.1 Å². The second-order valence-electron chi connectivity index (χ2n) is 3.83. The van der Waals surface area contributed by atoms with Crippen LogP contribution in [-0.2, 0) is 4.79 Å². The molecule has 6 nitrogen and oxygen atoms in total. The van der Waals surface area contributed by atoms with E-state index in [1.807, 2.05) is 30.3 Å². The first-order valence-electron chi connectivity index (χ1n) is 5.53. The molecule has 0 spiro atoms. The van der Waals surface area contributed by atoms with Gasteiger partial charge >= 0.3 is 5.97 Å². The minimum absolute atomic E-state index is 0.527. The Bertz CT molecular complexity index is 595. The highest BCUT2D eigenvalue weighted by atomic mass is 32.2. The Balaban J connectivity index is 2.11. The molecule has 0 saturated carbocycles. The van der Waals surface area contributed by atoms with E-state index in [0.717, 1.165) is 11.3 Å². The fourth-order valence-electron chi connectivity index (χ4n) is 1.43. The van der Waals surface area contributed by atoms with Crippen LogP contribution in [0.1, 0.15) is 6.92 Å². The zero-order chi connectivity index (χ0) is 13.7. The average Bonchev–Trinajstić information content (AvgIpc) is 2.85. The summed E-state index contributed by atoms with van der Waals surface area (Å²) in [5, 5.41) is 20.8. The molecule has 1 aromatic heterocycles. The Labute approximate surface area is 114 Å². The van der Waals surface area contributed by atoms with Gasteiger partial charge in [-0.3, -0.25) is 0 Å². The lowest BCUT2D eigenvalue weighted by atomic mass is 10.3. The first-order valence-corrected chi connectivity index (χ1v) is 6.52. The van der Waals surface area contributed by atoms with Gasteiger partial charge in [0.1, 0.15) is 0 Å². The molecule has 2 rings (SSSR count). The molecule has 0 saturated heterocycles. The molecular formula is C12H12N4O2S. The normalized spacial score (nSPS) is 11.5. The Morgan fingerprint density at radius 2 is 2.16 bits per heavy atom. The molecule has 1 N–H and O–H groups in total. The molecule has 0 radical (unpaired) electrons. The molecule has 0 aliphatic carbocycles. The summed E-state index contributed by atoms with van der Waals surface area (Å²) < 4.78 is 1.62. The number of carboxylic acids is 1. The fourth-order valence-corrected chi connectivity index (χ4v) is 2.23. The maximum Gasteiger partial charge on any atom is 0.328 e. The summed E-state index contributed by atoms with van der Waals surface area (Å²) in [5.41, 5.74) is 1.62. The van der Waals surface area contributed by atoms with Crippen molar-refractivity contribution < 1.29 is 9.90 Å². The zero-order valence-corrected chi connectivity index (χ0v) is 11.0. The maximum absolute atomic E-state index is 10.5. The third-order valence-electron chi connectivity index (χ3n) is 2.24. The van der Waals surface area contributed by atoms with Gasteiger partial charge in [-0.05, 0) is 29.5 Å². The van der Waals surface area contributed by atoms with E-state index in [9.17, 15) is 4.79 Å². The smallest absolute Gasteiger partial charge is 0.328 e. The van der Waals surface area contributed by atoms with Gasteiger partial charge in [-0.1, -0.05) is 35.5 Å². The number of hydrogen-bond donors (Lipinski definition) is 1. The van der Waals surface area contributed by atoms with Gasteiger partial charge in [0, 0.05) is 11.8 Å². The quantitative estimate of drug-likeness (QED) is 0.662. The number of carbonyl (C=O) groups is 1. The Kier molecular flexibility index (Phi) is 4.30. The number of tetrazole rings is 1. The maximum atomic E-state index is 10.5. The van der Waals surface area contributed by atoms with Crippen LogP contribution in [0.3, 0.4) is 0 Å². The molecule has 0 aliphatic heterocycles. The van der Waals surface area contributed by atoms with Crippen LogP contribution in [0.15, 0.2) is 47.1 Å². The standard InChI is InChI=1S/C12H12N4O2S/c1-9(7-11(17)18)8-19-12-13-14-15-16(12)10-5-3-2-4-6-10/h2-7H,8H2,1H3,(H,17,18)/b9-7+. The summed E-state index contributed by atoms with van der Waals surface area (Å²) in [4.78, 5) is 10.5. The topological polar surface area (TPSA) is 80.9 Å². The molecular weight excluding hydrogens is 264 g/mol. The Hall–Kier alpha value is -2.15. The van der Waals surface area contributed by atoms with E-state index in [-0.39, 0.29) is 0 Å². The monoisotopic (exact) mass is 276 g/mol. The highest BCUT2D eigenvalue weighted by Gasteiger charge is 2.08. The number of nitrogens with zero attached hydrogens (tertiary/aromatic N) is 4. The lowest BCUT2D eigenvalue weighted by Gasteiger charge is -2.03. The van der Waals surface area contributed by atoms with Gasteiger partial charge in [-0.15, -0.1) is 5.10 Å². The number of aliphatic carboxylic acids is 1. The van der Waals surface area contributed by atoms with E-state index < -0.39 is 5.97 Å². The first-order chi connectivity index (χ1) is 9.16. The highest BCUT2D eigenvalue weighted by Crippen LogP contribution is 2.19.